The molecular weight excluding hydrogens is 303 g/mol. The molecule has 0 aliphatic heterocycles. The normalized spacial score (nSPS) is 11.4. The third-order valence-corrected chi connectivity index (χ3v) is 3.94. The number of benzene rings is 1. The zero-order valence-corrected chi connectivity index (χ0v) is 12.3. The van der Waals surface area contributed by atoms with Crippen molar-refractivity contribution >= 4 is 33.5 Å². The standard InChI is InChI=1S/C16H10ClFN4/c1-9-13-15(17)14-10(18)5-4-6-11(14)20-16(13)22(21-9)12-7-2-3-8-19-12/h2-8H,1H3. The van der Waals surface area contributed by atoms with Gasteiger partial charge in [-0.05, 0) is 31.2 Å². The summed E-state index contributed by atoms with van der Waals surface area (Å²) in [5.41, 5.74) is 1.75. The summed E-state index contributed by atoms with van der Waals surface area (Å²) < 4.78 is 15.7. The van der Waals surface area contributed by atoms with Crippen LogP contribution in [0.2, 0.25) is 5.02 Å². The second-order valence-electron chi connectivity index (χ2n) is 4.94. The number of aromatic nitrogens is 4. The molecule has 0 radical (unpaired) electrons. The minimum absolute atomic E-state index is 0.320. The first-order valence-corrected chi connectivity index (χ1v) is 7.09. The van der Waals surface area contributed by atoms with Crippen molar-refractivity contribution in [1.29, 1.82) is 0 Å². The monoisotopic (exact) mass is 312 g/mol. The van der Waals surface area contributed by atoms with Gasteiger partial charge in [0.1, 0.15) is 5.82 Å². The molecule has 4 aromatic rings. The molecule has 0 unspecified atom stereocenters. The van der Waals surface area contributed by atoms with Crippen LogP contribution >= 0.6 is 11.6 Å². The molecule has 0 bridgehead atoms. The van der Waals surface area contributed by atoms with Crippen LogP contribution < -0.4 is 0 Å². The van der Waals surface area contributed by atoms with E-state index in [0.29, 0.717) is 38.5 Å². The second kappa shape index (κ2) is 4.74. The van der Waals surface area contributed by atoms with E-state index < -0.39 is 0 Å². The average molecular weight is 313 g/mol. The Kier molecular flexibility index (Phi) is 2.84. The van der Waals surface area contributed by atoms with Gasteiger partial charge in [0.2, 0.25) is 0 Å². The molecule has 0 spiro atoms. The Morgan fingerprint density at radius 1 is 1.09 bits per heavy atom. The third-order valence-electron chi connectivity index (χ3n) is 3.56. The van der Waals surface area contributed by atoms with Gasteiger partial charge in [-0.25, -0.2) is 14.4 Å². The molecule has 4 rings (SSSR count). The van der Waals surface area contributed by atoms with Crippen LogP contribution in [0.1, 0.15) is 5.69 Å². The van der Waals surface area contributed by atoms with Gasteiger partial charge < -0.3 is 0 Å². The molecule has 0 N–H and O–H groups in total. The number of aryl methyl sites for hydroxylation is 1. The van der Waals surface area contributed by atoms with E-state index >= 15 is 0 Å². The molecule has 0 aliphatic rings. The molecule has 4 nitrogen and oxygen atoms in total. The molecular formula is C16H10ClFN4. The summed E-state index contributed by atoms with van der Waals surface area (Å²) in [6.07, 6.45) is 1.68. The maximum atomic E-state index is 14.1. The van der Waals surface area contributed by atoms with Crippen molar-refractivity contribution in [2.75, 3.05) is 0 Å². The Labute approximate surface area is 130 Å². The average Bonchev–Trinajstić information content (AvgIpc) is 2.85. The Morgan fingerprint density at radius 3 is 2.73 bits per heavy atom. The molecule has 6 heteroatoms. The fourth-order valence-electron chi connectivity index (χ4n) is 2.58. The van der Waals surface area contributed by atoms with E-state index in [1.54, 1.807) is 23.0 Å². The molecule has 0 amide bonds. The first-order chi connectivity index (χ1) is 10.7. The lowest BCUT2D eigenvalue weighted by atomic mass is 10.1. The lowest BCUT2D eigenvalue weighted by molar-refractivity contribution is 0.640. The highest BCUT2D eigenvalue weighted by atomic mass is 35.5. The molecule has 3 aromatic heterocycles. The van der Waals surface area contributed by atoms with E-state index in [2.05, 4.69) is 15.1 Å². The summed E-state index contributed by atoms with van der Waals surface area (Å²) in [7, 11) is 0. The molecule has 0 saturated heterocycles. The molecule has 0 fully saturated rings. The highest BCUT2D eigenvalue weighted by molar-refractivity contribution is 6.40. The number of hydrogen-bond acceptors (Lipinski definition) is 3. The molecule has 1 aromatic carbocycles. The summed E-state index contributed by atoms with van der Waals surface area (Å²) >= 11 is 6.43. The van der Waals surface area contributed by atoms with Crippen molar-refractivity contribution in [3.05, 3.63) is 59.1 Å². The molecule has 3 heterocycles. The van der Waals surface area contributed by atoms with Crippen molar-refractivity contribution < 1.29 is 4.39 Å². The fourth-order valence-corrected chi connectivity index (χ4v) is 2.98. The number of hydrogen-bond donors (Lipinski definition) is 0. The van der Waals surface area contributed by atoms with Gasteiger partial charge in [-0.3, -0.25) is 0 Å². The number of halogens is 2. The Balaban J connectivity index is 2.17. The third kappa shape index (κ3) is 1.79. The maximum Gasteiger partial charge on any atom is 0.167 e. The van der Waals surface area contributed by atoms with Crippen LogP contribution in [0.5, 0.6) is 0 Å². The van der Waals surface area contributed by atoms with E-state index in [0.717, 1.165) is 0 Å². The minimum Gasteiger partial charge on any atom is -0.237 e. The smallest absolute Gasteiger partial charge is 0.167 e. The molecule has 0 aliphatic carbocycles. The fraction of sp³-hybridized carbons (Fsp3) is 0.0625. The summed E-state index contributed by atoms with van der Waals surface area (Å²) in [6.45, 7) is 1.82. The van der Waals surface area contributed by atoms with E-state index in [1.165, 1.54) is 6.07 Å². The summed E-state index contributed by atoms with van der Waals surface area (Å²) in [4.78, 5) is 8.82. The molecule has 0 atom stereocenters. The van der Waals surface area contributed by atoms with Gasteiger partial charge in [0.25, 0.3) is 0 Å². The Hall–Kier alpha value is -2.53. The zero-order chi connectivity index (χ0) is 15.3. The number of fused-ring (bicyclic) bond motifs is 2. The van der Waals surface area contributed by atoms with Crippen molar-refractivity contribution in [2.45, 2.75) is 6.92 Å². The van der Waals surface area contributed by atoms with Gasteiger partial charge in [0.05, 0.1) is 27.0 Å². The van der Waals surface area contributed by atoms with Crippen LogP contribution in [0, 0.1) is 12.7 Å². The largest absolute Gasteiger partial charge is 0.237 e. The van der Waals surface area contributed by atoms with Gasteiger partial charge in [0.15, 0.2) is 11.5 Å². The summed E-state index contributed by atoms with van der Waals surface area (Å²) in [6, 6.07) is 10.2. The van der Waals surface area contributed by atoms with Crippen molar-refractivity contribution in [3.63, 3.8) is 0 Å². The van der Waals surface area contributed by atoms with Crippen molar-refractivity contribution in [3.8, 4) is 5.82 Å². The topological polar surface area (TPSA) is 43.6 Å². The van der Waals surface area contributed by atoms with Crippen LogP contribution in [0.25, 0.3) is 27.8 Å². The SMILES string of the molecule is Cc1nn(-c2ccccn2)c2nc3cccc(F)c3c(Cl)c12. The van der Waals surface area contributed by atoms with E-state index in [4.69, 9.17) is 11.6 Å². The van der Waals surface area contributed by atoms with Crippen molar-refractivity contribution in [2.24, 2.45) is 0 Å². The van der Waals surface area contributed by atoms with E-state index in [1.807, 2.05) is 25.1 Å². The molecule has 22 heavy (non-hydrogen) atoms. The van der Waals surface area contributed by atoms with E-state index in [9.17, 15) is 4.39 Å². The minimum atomic E-state index is -0.387. The number of rotatable bonds is 1. The quantitative estimate of drug-likeness (QED) is 0.532. The number of pyridine rings is 2. The van der Waals surface area contributed by atoms with Crippen LogP contribution in [0.15, 0.2) is 42.6 Å². The maximum absolute atomic E-state index is 14.1. The predicted octanol–water partition coefficient (Wildman–Crippen LogP) is 4.07. The summed E-state index contributed by atoms with van der Waals surface area (Å²) in [5, 5.41) is 5.75. The molecule has 0 saturated carbocycles. The zero-order valence-electron chi connectivity index (χ0n) is 11.6. The second-order valence-corrected chi connectivity index (χ2v) is 5.32. The first-order valence-electron chi connectivity index (χ1n) is 6.71. The Morgan fingerprint density at radius 2 is 1.95 bits per heavy atom. The van der Waals surface area contributed by atoms with Gasteiger partial charge in [0, 0.05) is 6.20 Å². The highest BCUT2D eigenvalue weighted by Gasteiger charge is 2.18. The lowest BCUT2D eigenvalue weighted by Crippen LogP contribution is -2.00. The predicted molar refractivity (Wildman–Crippen MR) is 83.9 cm³/mol. The van der Waals surface area contributed by atoms with Gasteiger partial charge in [-0.1, -0.05) is 23.7 Å². The lowest BCUT2D eigenvalue weighted by Gasteiger charge is -2.05. The highest BCUT2D eigenvalue weighted by Crippen LogP contribution is 2.34. The van der Waals surface area contributed by atoms with Crippen LogP contribution in [0.4, 0.5) is 4.39 Å². The number of nitrogens with zero attached hydrogens (tertiary/aromatic N) is 4. The Bertz CT molecular complexity index is 1010. The van der Waals surface area contributed by atoms with Gasteiger partial charge in [-0.2, -0.15) is 9.78 Å². The first kappa shape index (κ1) is 13.2. The van der Waals surface area contributed by atoms with Gasteiger partial charge in [-0.15, -0.1) is 0 Å². The van der Waals surface area contributed by atoms with Crippen molar-refractivity contribution in [1.82, 2.24) is 19.7 Å². The van der Waals surface area contributed by atoms with E-state index in [-0.39, 0.29) is 5.82 Å². The molecule has 108 valence electrons. The van der Waals surface area contributed by atoms with Gasteiger partial charge >= 0.3 is 0 Å². The van der Waals surface area contributed by atoms with Crippen LogP contribution in [-0.2, 0) is 0 Å². The van der Waals surface area contributed by atoms with Crippen LogP contribution in [0.3, 0.4) is 0 Å². The summed E-state index contributed by atoms with van der Waals surface area (Å²) in [5.74, 6) is 0.252. The van der Waals surface area contributed by atoms with Crippen LogP contribution in [-0.4, -0.2) is 19.7 Å².